The molecule has 1 aliphatic carbocycles. The Morgan fingerprint density at radius 2 is 1.90 bits per heavy atom. The summed E-state index contributed by atoms with van der Waals surface area (Å²) in [4.78, 5) is 2.19. The summed E-state index contributed by atoms with van der Waals surface area (Å²) in [6, 6.07) is 4.96. The van der Waals surface area contributed by atoms with Gasteiger partial charge in [0, 0.05) is 30.3 Å². The van der Waals surface area contributed by atoms with Crippen LogP contribution in [0.3, 0.4) is 0 Å². The minimum atomic E-state index is -0.514. The molecule has 0 bridgehead atoms. The molecule has 0 atom stereocenters. The van der Waals surface area contributed by atoms with Gasteiger partial charge in [-0.05, 0) is 45.3 Å². The van der Waals surface area contributed by atoms with E-state index in [-0.39, 0.29) is 0 Å². The molecule has 1 N–H and O–H groups in total. The second-order valence-electron chi connectivity index (χ2n) is 5.71. The van der Waals surface area contributed by atoms with Crippen molar-refractivity contribution in [1.29, 1.82) is 0 Å². The van der Waals surface area contributed by atoms with Crippen LogP contribution in [-0.4, -0.2) is 30.6 Å². The number of nitrogens with one attached hydrogen (secondary N) is 1. The van der Waals surface area contributed by atoms with Crippen LogP contribution in [-0.2, 0) is 6.54 Å². The van der Waals surface area contributed by atoms with Gasteiger partial charge in [0.05, 0.1) is 0 Å². The van der Waals surface area contributed by atoms with E-state index < -0.39 is 11.6 Å². The van der Waals surface area contributed by atoms with Gasteiger partial charge in [-0.1, -0.05) is 13.0 Å². The van der Waals surface area contributed by atoms with Gasteiger partial charge < -0.3 is 5.32 Å². The zero-order valence-corrected chi connectivity index (χ0v) is 12.3. The third-order valence-corrected chi connectivity index (χ3v) is 4.25. The summed E-state index contributed by atoms with van der Waals surface area (Å²) in [5.41, 5.74) is 0.572. The van der Waals surface area contributed by atoms with E-state index in [4.69, 9.17) is 0 Å². The van der Waals surface area contributed by atoms with E-state index in [9.17, 15) is 8.78 Å². The highest BCUT2D eigenvalue weighted by atomic mass is 19.1. The number of hydrogen-bond donors (Lipinski definition) is 1. The summed E-state index contributed by atoms with van der Waals surface area (Å²) in [5, 5.41) is 3.49. The van der Waals surface area contributed by atoms with E-state index in [1.807, 2.05) is 7.05 Å². The van der Waals surface area contributed by atoms with Crippen LogP contribution in [0.1, 0.15) is 38.2 Å². The maximum Gasteiger partial charge on any atom is 0.130 e. The fraction of sp³-hybridized carbons (Fsp3) is 0.625. The maximum absolute atomic E-state index is 13.7. The molecule has 112 valence electrons. The van der Waals surface area contributed by atoms with E-state index in [1.54, 1.807) is 6.07 Å². The Morgan fingerprint density at radius 1 is 1.20 bits per heavy atom. The molecule has 0 radical (unpaired) electrons. The van der Waals surface area contributed by atoms with Crippen LogP contribution in [0.5, 0.6) is 0 Å². The Balaban J connectivity index is 1.87. The lowest BCUT2D eigenvalue weighted by Crippen LogP contribution is -2.40. The molecule has 1 aromatic rings. The molecule has 1 saturated carbocycles. The molecule has 1 aromatic carbocycles. The van der Waals surface area contributed by atoms with Gasteiger partial charge in [0.2, 0.25) is 0 Å². The average molecular weight is 282 g/mol. The summed E-state index contributed by atoms with van der Waals surface area (Å²) in [5.74, 6) is -0.960. The first-order valence-electron chi connectivity index (χ1n) is 7.47. The molecular formula is C16H24F2N2. The number of rotatable bonds is 5. The third kappa shape index (κ3) is 4.00. The second kappa shape index (κ2) is 7.14. The molecule has 0 amide bonds. The van der Waals surface area contributed by atoms with Crippen molar-refractivity contribution in [3.05, 3.63) is 35.4 Å². The number of benzene rings is 1. The van der Waals surface area contributed by atoms with E-state index in [0.717, 1.165) is 25.5 Å². The molecule has 20 heavy (non-hydrogen) atoms. The first-order valence-corrected chi connectivity index (χ1v) is 7.47. The van der Waals surface area contributed by atoms with Crippen molar-refractivity contribution >= 4 is 0 Å². The van der Waals surface area contributed by atoms with Crippen LogP contribution < -0.4 is 5.32 Å². The van der Waals surface area contributed by atoms with Gasteiger partial charge in [-0.2, -0.15) is 0 Å². The standard InChI is InChI=1S/C16H24F2N2/c1-3-19-14-6-8-15(9-7-14)20(2)11-12-4-5-13(17)10-16(12)18/h4-5,10,14-15,19H,3,6-9,11H2,1-2H3. The van der Waals surface area contributed by atoms with Crippen molar-refractivity contribution in [3.63, 3.8) is 0 Å². The molecular weight excluding hydrogens is 258 g/mol. The van der Waals surface area contributed by atoms with Crippen LogP contribution in [0.2, 0.25) is 0 Å². The summed E-state index contributed by atoms with van der Waals surface area (Å²) >= 11 is 0. The molecule has 2 rings (SSSR count). The van der Waals surface area contributed by atoms with E-state index in [0.29, 0.717) is 24.2 Å². The van der Waals surface area contributed by atoms with Crippen LogP contribution in [0.4, 0.5) is 8.78 Å². The van der Waals surface area contributed by atoms with Gasteiger partial charge in [-0.3, -0.25) is 4.90 Å². The summed E-state index contributed by atoms with van der Waals surface area (Å²) < 4.78 is 26.6. The van der Waals surface area contributed by atoms with E-state index in [1.165, 1.54) is 18.9 Å². The molecule has 0 aromatic heterocycles. The molecule has 4 heteroatoms. The van der Waals surface area contributed by atoms with Gasteiger partial charge in [0.25, 0.3) is 0 Å². The Bertz CT molecular complexity index is 428. The molecule has 1 aliphatic rings. The van der Waals surface area contributed by atoms with Crippen molar-refractivity contribution in [3.8, 4) is 0 Å². The Morgan fingerprint density at radius 3 is 2.50 bits per heavy atom. The predicted octanol–water partition coefficient (Wildman–Crippen LogP) is 3.32. The molecule has 2 nitrogen and oxygen atoms in total. The topological polar surface area (TPSA) is 15.3 Å². The lowest BCUT2D eigenvalue weighted by atomic mass is 9.90. The zero-order chi connectivity index (χ0) is 14.5. The Labute approximate surface area is 120 Å². The Hall–Kier alpha value is -1.00. The zero-order valence-electron chi connectivity index (χ0n) is 12.3. The predicted molar refractivity (Wildman–Crippen MR) is 77.5 cm³/mol. The van der Waals surface area contributed by atoms with Crippen molar-refractivity contribution in [2.24, 2.45) is 0 Å². The monoisotopic (exact) mass is 282 g/mol. The summed E-state index contributed by atoms with van der Waals surface area (Å²) in [6.07, 6.45) is 4.62. The lowest BCUT2D eigenvalue weighted by Gasteiger charge is -2.35. The fourth-order valence-corrected chi connectivity index (χ4v) is 3.06. The highest BCUT2D eigenvalue weighted by Gasteiger charge is 2.23. The minimum absolute atomic E-state index is 0.446. The SMILES string of the molecule is CCNC1CCC(N(C)Cc2ccc(F)cc2F)CC1. The highest BCUT2D eigenvalue weighted by Crippen LogP contribution is 2.24. The lowest BCUT2D eigenvalue weighted by molar-refractivity contribution is 0.167. The van der Waals surface area contributed by atoms with Crippen molar-refractivity contribution in [2.75, 3.05) is 13.6 Å². The smallest absolute Gasteiger partial charge is 0.130 e. The van der Waals surface area contributed by atoms with Crippen molar-refractivity contribution < 1.29 is 8.78 Å². The van der Waals surface area contributed by atoms with Crippen LogP contribution >= 0.6 is 0 Å². The number of halogens is 2. The highest BCUT2D eigenvalue weighted by molar-refractivity contribution is 5.18. The van der Waals surface area contributed by atoms with Crippen LogP contribution in [0.25, 0.3) is 0 Å². The molecule has 0 heterocycles. The van der Waals surface area contributed by atoms with Crippen molar-refractivity contribution in [1.82, 2.24) is 10.2 Å². The van der Waals surface area contributed by atoms with Gasteiger partial charge in [0.15, 0.2) is 0 Å². The van der Waals surface area contributed by atoms with Crippen molar-refractivity contribution in [2.45, 2.75) is 51.2 Å². The molecule has 0 spiro atoms. The fourth-order valence-electron chi connectivity index (χ4n) is 3.06. The minimum Gasteiger partial charge on any atom is -0.314 e. The van der Waals surface area contributed by atoms with Gasteiger partial charge in [0.1, 0.15) is 11.6 Å². The second-order valence-corrected chi connectivity index (χ2v) is 5.71. The van der Waals surface area contributed by atoms with Gasteiger partial charge in [-0.15, -0.1) is 0 Å². The Kier molecular flexibility index (Phi) is 5.49. The summed E-state index contributed by atoms with van der Waals surface area (Å²) in [6.45, 7) is 3.70. The summed E-state index contributed by atoms with van der Waals surface area (Å²) in [7, 11) is 2.03. The largest absolute Gasteiger partial charge is 0.314 e. The maximum atomic E-state index is 13.7. The van der Waals surface area contributed by atoms with Gasteiger partial charge >= 0.3 is 0 Å². The van der Waals surface area contributed by atoms with E-state index >= 15 is 0 Å². The average Bonchev–Trinajstić information content (AvgIpc) is 2.43. The molecule has 1 fully saturated rings. The quantitative estimate of drug-likeness (QED) is 0.891. The van der Waals surface area contributed by atoms with Crippen LogP contribution in [0, 0.1) is 11.6 Å². The molecule has 0 saturated heterocycles. The van der Waals surface area contributed by atoms with Gasteiger partial charge in [-0.25, -0.2) is 8.78 Å². The molecule has 0 unspecified atom stereocenters. The molecule has 0 aliphatic heterocycles. The first-order chi connectivity index (χ1) is 9.60. The van der Waals surface area contributed by atoms with Crippen LogP contribution in [0.15, 0.2) is 18.2 Å². The van der Waals surface area contributed by atoms with E-state index in [2.05, 4.69) is 17.1 Å². The first kappa shape index (κ1) is 15.4. The third-order valence-electron chi connectivity index (χ3n) is 4.25. The number of nitrogens with zero attached hydrogens (tertiary/aromatic N) is 1. The number of hydrogen-bond acceptors (Lipinski definition) is 2. The normalized spacial score (nSPS) is 23.2.